The van der Waals surface area contributed by atoms with Gasteiger partial charge < -0.3 is 9.47 Å². The predicted molar refractivity (Wildman–Crippen MR) is 58.4 cm³/mol. The molecule has 86 valence electrons. The van der Waals surface area contributed by atoms with Crippen LogP contribution in [0, 0.1) is 11.3 Å². The van der Waals surface area contributed by atoms with E-state index in [2.05, 4.69) is 6.07 Å². The highest BCUT2D eigenvalue weighted by Crippen LogP contribution is 2.28. The number of halogens is 1. The normalized spacial score (nSPS) is 9.56. The van der Waals surface area contributed by atoms with Gasteiger partial charge in [0, 0.05) is 6.42 Å². The van der Waals surface area contributed by atoms with Crippen LogP contribution in [0.2, 0.25) is 0 Å². The van der Waals surface area contributed by atoms with Gasteiger partial charge in [0.25, 0.3) is 0 Å². The SMILES string of the molecule is COc1ccc(CCC#N)cc1OCCF. The minimum absolute atomic E-state index is 0.0120. The van der Waals surface area contributed by atoms with Crippen molar-refractivity contribution in [1.29, 1.82) is 5.26 Å². The molecule has 1 aromatic rings. The lowest BCUT2D eigenvalue weighted by molar-refractivity contribution is 0.260. The van der Waals surface area contributed by atoms with Crippen LogP contribution in [0.5, 0.6) is 11.5 Å². The van der Waals surface area contributed by atoms with Crippen molar-refractivity contribution < 1.29 is 13.9 Å². The molecule has 0 amide bonds. The summed E-state index contributed by atoms with van der Waals surface area (Å²) in [5, 5.41) is 8.48. The molecule has 0 bridgehead atoms. The number of aryl methyl sites for hydroxylation is 1. The van der Waals surface area contributed by atoms with Gasteiger partial charge in [-0.1, -0.05) is 6.07 Å². The fourth-order valence-electron chi connectivity index (χ4n) is 1.34. The van der Waals surface area contributed by atoms with Crippen molar-refractivity contribution in [2.24, 2.45) is 0 Å². The Hall–Kier alpha value is -1.76. The summed E-state index contributed by atoms with van der Waals surface area (Å²) in [5.41, 5.74) is 0.983. The predicted octanol–water partition coefficient (Wildman–Crippen LogP) is 2.50. The summed E-state index contributed by atoms with van der Waals surface area (Å²) in [4.78, 5) is 0. The van der Waals surface area contributed by atoms with Gasteiger partial charge in [0.15, 0.2) is 11.5 Å². The Balaban J connectivity index is 2.79. The molecule has 0 aliphatic rings. The average molecular weight is 223 g/mol. The molecule has 1 aromatic carbocycles. The monoisotopic (exact) mass is 223 g/mol. The highest BCUT2D eigenvalue weighted by Gasteiger charge is 2.05. The molecule has 0 atom stereocenters. The molecule has 1 rings (SSSR count). The molecular weight excluding hydrogens is 209 g/mol. The number of nitrogens with zero attached hydrogens (tertiary/aromatic N) is 1. The minimum Gasteiger partial charge on any atom is -0.493 e. The van der Waals surface area contributed by atoms with Crippen LogP contribution in [-0.4, -0.2) is 20.4 Å². The first-order chi connectivity index (χ1) is 7.81. The van der Waals surface area contributed by atoms with E-state index in [9.17, 15) is 4.39 Å². The number of alkyl halides is 1. The van der Waals surface area contributed by atoms with Gasteiger partial charge in [-0.25, -0.2) is 4.39 Å². The largest absolute Gasteiger partial charge is 0.493 e. The number of hydrogen-bond donors (Lipinski definition) is 0. The van der Waals surface area contributed by atoms with E-state index in [-0.39, 0.29) is 6.61 Å². The Morgan fingerprint density at radius 2 is 2.19 bits per heavy atom. The summed E-state index contributed by atoms with van der Waals surface area (Å²) in [5.74, 6) is 1.10. The molecule has 0 aliphatic carbocycles. The maximum absolute atomic E-state index is 12.0. The fourth-order valence-corrected chi connectivity index (χ4v) is 1.34. The van der Waals surface area contributed by atoms with Crippen molar-refractivity contribution in [3.05, 3.63) is 23.8 Å². The minimum atomic E-state index is -0.536. The Kier molecular flexibility index (Phi) is 5.13. The highest BCUT2D eigenvalue weighted by molar-refractivity contribution is 5.43. The van der Waals surface area contributed by atoms with Gasteiger partial charge >= 0.3 is 0 Å². The quantitative estimate of drug-likeness (QED) is 0.744. The van der Waals surface area contributed by atoms with Gasteiger partial charge in [-0.15, -0.1) is 0 Å². The van der Waals surface area contributed by atoms with Crippen LogP contribution in [-0.2, 0) is 6.42 Å². The lowest BCUT2D eigenvalue weighted by Gasteiger charge is -2.10. The third-order valence-corrected chi connectivity index (χ3v) is 2.09. The van der Waals surface area contributed by atoms with Gasteiger partial charge in [0.05, 0.1) is 13.2 Å². The molecule has 0 fully saturated rings. The zero-order valence-corrected chi connectivity index (χ0v) is 9.20. The molecule has 0 unspecified atom stereocenters. The lowest BCUT2D eigenvalue weighted by Crippen LogP contribution is -2.01. The van der Waals surface area contributed by atoms with Crippen LogP contribution in [0.25, 0.3) is 0 Å². The molecule has 0 radical (unpaired) electrons. The van der Waals surface area contributed by atoms with Gasteiger partial charge in [-0.3, -0.25) is 0 Å². The van der Waals surface area contributed by atoms with Gasteiger partial charge in [0.1, 0.15) is 13.3 Å². The number of ether oxygens (including phenoxy) is 2. The standard InChI is InChI=1S/C12H14FNO2/c1-15-11-5-4-10(3-2-7-14)9-12(11)16-8-6-13/h4-5,9H,2-3,6,8H2,1H3. The van der Waals surface area contributed by atoms with Crippen LogP contribution >= 0.6 is 0 Å². The fraction of sp³-hybridized carbons (Fsp3) is 0.417. The third-order valence-electron chi connectivity index (χ3n) is 2.09. The zero-order chi connectivity index (χ0) is 11.8. The van der Waals surface area contributed by atoms with E-state index in [4.69, 9.17) is 14.7 Å². The molecule has 0 spiro atoms. The van der Waals surface area contributed by atoms with Crippen molar-refractivity contribution in [3.8, 4) is 17.6 Å². The molecule has 0 N–H and O–H groups in total. The maximum Gasteiger partial charge on any atom is 0.161 e. The van der Waals surface area contributed by atoms with Crippen LogP contribution < -0.4 is 9.47 Å². The molecular formula is C12H14FNO2. The van der Waals surface area contributed by atoms with Crippen LogP contribution in [0.1, 0.15) is 12.0 Å². The second kappa shape index (κ2) is 6.67. The second-order valence-electron chi connectivity index (χ2n) is 3.18. The molecule has 16 heavy (non-hydrogen) atoms. The van der Waals surface area contributed by atoms with Crippen molar-refractivity contribution in [2.75, 3.05) is 20.4 Å². The first kappa shape index (κ1) is 12.3. The van der Waals surface area contributed by atoms with Gasteiger partial charge in [0.2, 0.25) is 0 Å². The highest BCUT2D eigenvalue weighted by atomic mass is 19.1. The summed E-state index contributed by atoms with van der Waals surface area (Å²) >= 11 is 0. The first-order valence-electron chi connectivity index (χ1n) is 5.04. The van der Waals surface area contributed by atoms with E-state index in [0.717, 1.165) is 5.56 Å². The second-order valence-corrected chi connectivity index (χ2v) is 3.18. The van der Waals surface area contributed by atoms with Crippen LogP contribution in [0.15, 0.2) is 18.2 Å². The van der Waals surface area contributed by atoms with E-state index in [0.29, 0.717) is 24.3 Å². The van der Waals surface area contributed by atoms with Crippen molar-refractivity contribution in [2.45, 2.75) is 12.8 Å². The Morgan fingerprint density at radius 3 is 2.81 bits per heavy atom. The summed E-state index contributed by atoms with van der Waals surface area (Å²) < 4.78 is 22.3. The van der Waals surface area contributed by atoms with E-state index in [1.54, 1.807) is 12.1 Å². The Bertz CT molecular complexity index is 374. The molecule has 0 aromatic heterocycles. The van der Waals surface area contributed by atoms with Gasteiger partial charge in [-0.05, 0) is 24.1 Å². The van der Waals surface area contributed by atoms with Crippen molar-refractivity contribution in [3.63, 3.8) is 0 Å². The summed E-state index contributed by atoms with van der Waals surface area (Å²) in [6.07, 6.45) is 1.11. The smallest absolute Gasteiger partial charge is 0.161 e. The van der Waals surface area contributed by atoms with E-state index >= 15 is 0 Å². The van der Waals surface area contributed by atoms with E-state index in [1.807, 2.05) is 6.07 Å². The third kappa shape index (κ3) is 3.43. The molecule has 0 heterocycles. The number of nitriles is 1. The maximum atomic E-state index is 12.0. The molecule has 3 nitrogen and oxygen atoms in total. The first-order valence-corrected chi connectivity index (χ1v) is 5.04. The van der Waals surface area contributed by atoms with Crippen LogP contribution in [0.3, 0.4) is 0 Å². The Morgan fingerprint density at radius 1 is 1.38 bits per heavy atom. The molecule has 0 aliphatic heterocycles. The lowest BCUT2D eigenvalue weighted by atomic mass is 10.1. The number of rotatable bonds is 6. The number of benzene rings is 1. The molecule has 4 heteroatoms. The Labute approximate surface area is 94.4 Å². The van der Waals surface area contributed by atoms with Crippen molar-refractivity contribution in [1.82, 2.24) is 0 Å². The molecule has 0 saturated heterocycles. The van der Waals surface area contributed by atoms with E-state index in [1.165, 1.54) is 7.11 Å². The molecule has 0 saturated carbocycles. The summed E-state index contributed by atoms with van der Waals surface area (Å²) in [6, 6.07) is 7.50. The van der Waals surface area contributed by atoms with Crippen molar-refractivity contribution >= 4 is 0 Å². The zero-order valence-electron chi connectivity index (χ0n) is 9.20. The topological polar surface area (TPSA) is 42.2 Å². The average Bonchev–Trinajstić information content (AvgIpc) is 2.33. The number of methoxy groups -OCH3 is 1. The number of hydrogen-bond acceptors (Lipinski definition) is 3. The van der Waals surface area contributed by atoms with Crippen LogP contribution in [0.4, 0.5) is 4.39 Å². The van der Waals surface area contributed by atoms with E-state index < -0.39 is 6.67 Å². The summed E-state index contributed by atoms with van der Waals surface area (Å²) in [7, 11) is 1.53. The summed E-state index contributed by atoms with van der Waals surface area (Å²) in [6.45, 7) is -0.524. The van der Waals surface area contributed by atoms with Gasteiger partial charge in [-0.2, -0.15) is 5.26 Å².